The van der Waals surface area contributed by atoms with Crippen molar-refractivity contribution in [3.63, 3.8) is 0 Å². The van der Waals surface area contributed by atoms with Gasteiger partial charge >= 0.3 is 5.97 Å². The number of aromatic carboxylic acids is 1. The number of hydrogen-bond acceptors (Lipinski definition) is 3. The predicted molar refractivity (Wildman–Crippen MR) is 78.8 cm³/mol. The van der Waals surface area contributed by atoms with Crippen molar-refractivity contribution in [1.82, 2.24) is 4.90 Å². The van der Waals surface area contributed by atoms with Crippen molar-refractivity contribution in [1.29, 1.82) is 0 Å². The zero-order valence-electron chi connectivity index (χ0n) is 12.5. The third-order valence-corrected chi connectivity index (χ3v) is 2.91. The number of likely N-dealkylation sites (N-methyl/N-ethyl adjacent to an activating group) is 1. The molecule has 0 bridgehead atoms. The average molecular weight is 282 g/mol. The standard InChI is InChI=1S/C15H23FN2O2/c1-10(2)7-12(9-18(3)4)17-14-6-5-11(16)8-13(14)15(19)20/h5-6,8,10,12,17H,7,9H2,1-4H3,(H,19,20). The first-order valence-corrected chi connectivity index (χ1v) is 6.73. The number of rotatable bonds is 7. The highest BCUT2D eigenvalue weighted by atomic mass is 19.1. The van der Waals surface area contributed by atoms with Gasteiger partial charge in [0, 0.05) is 18.3 Å². The third-order valence-electron chi connectivity index (χ3n) is 2.91. The summed E-state index contributed by atoms with van der Waals surface area (Å²) in [6, 6.07) is 3.93. The molecule has 0 saturated heterocycles. The molecule has 1 rings (SSSR count). The number of carbonyl (C=O) groups is 1. The summed E-state index contributed by atoms with van der Waals surface area (Å²) in [7, 11) is 3.94. The molecule has 1 aromatic carbocycles. The summed E-state index contributed by atoms with van der Waals surface area (Å²) < 4.78 is 13.2. The molecule has 0 aliphatic carbocycles. The van der Waals surface area contributed by atoms with Gasteiger partial charge in [0.15, 0.2) is 0 Å². The highest BCUT2D eigenvalue weighted by molar-refractivity contribution is 5.94. The second-order valence-electron chi connectivity index (χ2n) is 5.73. The highest BCUT2D eigenvalue weighted by Crippen LogP contribution is 2.20. The van der Waals surface area contributed by atoms with E-state index in [2.05, 4.69) is 19.2 Å². The lowest BCUT2D eigenvalue weighted by Crippen LogP contribution is -2.34. The maximum Gasteiger partial charge on any atom is 0.337 e. The van der Waals surface area contributed by atoms with Gasteiger partial charge in [-0.2, -0.15) is 0 Å². The minimum Gasteiger partial charge on any atom is -0.478 e. The molecule has 5 heteroatoms. The summed E-state index contributed by atoms with van der Waals surface area (Å²) in [5.41, 5.74) is 0.434. The van der Waals surface area contributed by atoms with E-state index in [0.29, 0.717) is 11.6 Å². The maximum absolute atomic E-state index is 13.2. The van der Waals surface area contributed by atoms with E-state index < -0.39 is 11.8 Å². The van der Waals surface area contributed by atoms with Crippen molar-refractivity contribution < 1.29 is 14.3 Å². The van der Waals surface area contributed by atoms with E-state index in [1.807, 2.05) is 19.0 Å². The Morgan fingerprint density at radius 1 is 1.40 bits per heavy atom. The molecular weight excluding hydrogens is 259 g/mol. The number of halogens is 1. The summed E-state index contributed by atoms with van der Waals surface area (Å²) in [5, 5.41) is 12.4. The Morgan fingerprint density at radius 2 is 2.05 bits per heavy atom. The molecule has 0 aliphatic heterocycles. The Labute approximate surface area is 119 Å². The molecule has 112 valence electrons. The SMILES string of the molecule is CC(C)CC(CN(C)C)Nc1ccc(F)cc1C(=O)O. The smallest absolute Gasteiger partial charge is 0.337 e. The van der Waals surface area contributed by atoms with E-state index in [-0.39, 0.29) is 11.6 Å². The van der Waals surface area contributed by atoms with Gasteiger partial charge in [-0.15, -0.1) is 0 Å². The van der Waals surface area contributed by atoms with Crippen molar-refractivity contribution in [2.24, 2.45) is 5.92 Å². The number of carboxylic acids is 1. The van der Waals surface area contributed by atoms with Gasteiger partial charge in [0.05, 0.1) is 5.56 Å². The van der Waals surface area contributed by atoms with Gasteiger partial charge in [-0.1, -0.05) is 13.8 Å². The minimum atomic E-state index is -1.12. The molecule has 2 N–H and O–H groups in total. The first-order valence-electron chi connectivity index (χ1n) is 6.73. The maximum atomic E-state index is 13.2. The molecule has 0 fully saturated rings. The average Bonchev–Trinajstić information content (AvgIpc) is 2.29. The number of hydrogen-bond donors (Lipinski definition) is 2. The molecule has 1 atom stereocenters. The molecule has 1 unspecified atom stereocenters. The van der Waals surface area contributed by atoms with Crippen LogP contribution in [0.4, 0.5) is 10.1 Å². The second kappa shape index (κ2) is 7.24. The van der Waals surface area contributed by atoms with Gasteiger partial charge in [0.2, 0.25) is 0 Å². The van der Waals surface area contributed by atoms with Crippen molar-refractivity contribution in [2.45, 2.75) is 26.3 Å². The molecule has 1 aromatic rings. The van der Waals surface area contributed by atoms with Crippen LogP contribution in [0.5, 0.6) is 0 Å². The molecule has 0 aliphatic rings. The second-order valence-corrected chi connectivity index (χ2v) is 5.73. The van der Waals surface area contributed by atoms with Crippen molar-refractivity contribution in [2.75, 3.05) is 26.0 Å². The lowest BCUT2D eigenvalue weighted by Gasteiger charge is -2.25. The quantitative estimate of drug-likeness (QED) is 0.807. The van der Waals surface area contributed by atoms with E-state index in [9.17, 15) is 9.18 Å². The summed E-state index contributed by atoms with van der Waals surface area (Å²) >= 11 is 0. The highest BCUT2D eigenvalue weighted by Gasteiger charge is 2.17. The molecule has 0 spiro atoms. The number of nitrogens with one attached hydrogen (secondary N) is 1. The normalized spacial score (nSPS) is 12.8. The molecule has 4 nitrogen and oxygen atoms in total. The van der Waals surface area contributed by atoms with Gasteiger partial charge in [-0.3, -0.25) is 0 Å². The molecule has 0 amide bonds. The Hall–Kier alpha value is -1.62. The van der Waals surface area contributed by atoms with Gasteiger partial charge in [-0.05, 0) is 44.6 Å². The van der Waals surface area contributed by atoms with Crippen LogP contribution in [-0.4, -0.2) is 42.7 Å². The summed E-state index contributed by atoms with van der Waals surface area (Å²) in [6.45, 7) is 5.02. The number of nitrogens with zero attached hydrogens (tertiary/aromatic N) is 1. The topological polar surface area (TPSA) is 52.6 Å². The third kappa shape index (κ3) is 5.17. The fourth-order valence-electron chi connectivity index (χ4n) is 2.23. The lowest BCUT2D eigenvalue weighted by molar-refractivity contribution is 0.0697. The van der Waals surface area contributed by atoms with Crippen LogP contribution in [0.3, 0.4) is 0 Å². The van der Waals surface area contributed by atoms with Gasteiger partial charge in [-0.25, -0.2) is 9.18 Å². The van der Waals surface area contributed by atoms with Crippen LogP contribution in [0.2, 0.25) is 0 Å². The molecular formula is C15H23FN2O2. The van der Waals surface area contributed by atoms with E-state index in [1.165, 1.54) is 12.1 Å². The zero-order chi connectivity index (χ0) is 15.3. The molecule has 20 heavy (non-hydrogen) atoms. The molecule has 0 aromatic heterocycles. The monoisotopic (exact) mass is 282 g/mol. The van der Waals surface area contributed by atoms with Gasteiger partial charge in [0.25, 0.3) is 0 Å². The lowest BCUT2D eigenvalue weighted by atomic mass is 10.0. The molecule has 0 saturated carbocycles. The van der Waals surface area contributed by atoms with Crippen LogP contribution in [0.15, 0.2) is 18.2 Å². The Morgan fingerprint density at radius 3 is 2.55 bits per heavy atom. The molecule has 0 radical (unpaired) electrons. The Kier molecular flexibility index (Phi) is 5.95. The van der Waals surface area contributed by atoms with E-state index in [4.69, 9.17) is 5.11 Å². The van der Waals surface area contributed by atoms with Crippen molar-refractivity contribution in [3.8, 4) is 0 Å². The van der Waals surface area contributed by atoms with Crippen LogP contribution >= 0.6 is 0 Å². The van der Waals surface area contributed by atoms with E-state index >= 15 is 0 Å². The van der Waals surface area contributed by atoms with Crippen molar-refractivity contribution >= 4 is 11.7 Å². The van der Waals surface area contributed by atoms with Crippen LogP contribution < -0.4 is 5.32 Å². The summed E-state index contributed by atoms with van der Waals surface area (Å²) in [5.74, 6) is -1.18. The first-order chi connectivity index (χ1) is 9.29. The van der Waals surface area contributed by atoms with Crippen LogP contribution in [0, 0.1) is 11.7 Å². The summed E-state index contributed by atoms with van der Waals surface area (Å²) in [6.07, 6.45) is 0.911. The minimum absolute atomic E-state index is 0.0301. The van der Waals surface area contributed by atoms with Gasteiger partial charge < -0.3 is 15.3 Å². The number of carboxylic acid groups (broad SMARTS) is 1. The first kappa shape index (κ1) is 16.4. The summed E-state index contributed by atoms with van der Waals surface area (Å²) in [4.78, 5) is 13.2. The molecule has 0 heterocycles. The fourth-order valence-corrected chi connectivity index (χ4v) is 2.23. The zero-order valence-corrected chi connectivity index (χ0v) is 12.5. The van der Waals surface area contributed by atoms with E-state index in [1.54, 1.807) is 0 Å². The van der Waals surface area contributed by atoms with Crippen molar-refractivity contribution in [3.05, 3.63) is 29.6 Å². The van der Waals surface area contributed by atoms with Crippen LogP contribution in [0.25, 0.3) is 0 Å². The van der Waals surface area contributed by atoms with Gasteiger partial charge in [0.1, 0.15) is 5.82 Å². The Bertz CT molecular complexity index is 451. The van der Waals surface area contributed by atoms with E-state index in [0.717, 1.165) is 19.0 Å². The largest absolute Gasteiger partial charge is 0.478 e. The predicted octanol–water partition coefficient (Wildman–Crippen LogP) is 2.91. The number of benzene rings is 1. The number of anilines is 1. The Balaban J connectivity index is 2.94. The van der Waals surface area contributed by atoms with Crippen LogP contribution in [0.1, 0.15) is 30.6 Å². The van der Waals surface area contributed by atoms with Crippen LogP contribution in [-0.2, 0) is 0 Å². The fraction of sp³-hybridized carbons (Fsp3) is 0.533.